The van der Waals surface area contributed by atoms with Crippen molar-refractivity contribution in [2.24, 2.45) is 5.92 Å². The first-order valence-electron chi connectivity index (χ1n) is 10.8. The highest BCUT2D eigenvalue weighted by molar-refractivity contribution is 5.99. The van der Waals surface area contributed by atoms with Crippen LogP contribution in [0, 0.1) is 17.6 Å². The summed E-state index contributed by atoms with van der Waals surface area (Å²) in [5.74, 6) is -2.97. The molecule has 35 heavy (non-hydrogen) atoms. The lowest BCUT2D eigenvalue weighted by Gasteiger charge is -2.26. The minimum atomic E-state index is -0.864. The van der Waals surface area contributed by atoms with Crippen LogP contribution in [0.2, 0.25) is 0 Å². The summed E-state index contributed by atoms with van der Waals surface area (Å²) >= 11 is 0. The number of esters is 1. The van der Waals surface area contributed by atoms with Gasteiger partial charge < -0.3 is 19.3 Å². The molecule has 0 fully saturated rings. The molecule has 0 radical (unpaired) electrons. The number of Topliss-reactive ketones (excluding diaryl/α,β-unsaturated/α-hetero) is 1. The predicted octanol–water partition coefficient (Wildman–Crippen LogP) is 5.03. The Morgan fingerprint density at radius 3 is 2.17 bits per heavy atom. The van der Waals surface area contributed by atoms with Gasteiger partial charge in [-0.1, -0.05) is 19.1 Å². The monoisotopic (exact) mass is 485 g/mol. The zero-order chi connectivity index (χ0) is 25.5. The predicted molar refractivity (Wildman–Crippen MR) is 122 cm³/mol. The van der Waals surface area contributed by atoms with Crippen molar-refractivity contribution in [1.82, 2.24) is 4.98 Å². The second-order valence-corrected chi connectivity index (χ2v) is 7.92. The lowest BCUT2D eigenvalue weighted by atomic mass is 10.0. The van der Waals surface area contributed by atoms with Crippen molar-refractivity contribution in [2.45, 2.75) is 32.5 Å². The summed E-state index contributed by atoms with van der Waals surface area (Å²) in [5.41, 5.74) is 0.325. The molecule has 0 aliphatic carbocycles. The van der Waals surface area contributed by atoms with Gasteiger partial charge in [0.25, 0.3) is 0 Å². The number of carbonyl (C=O) groups excluding carboxylic acids is 2. The fraction of sp³-hybridized carbons (Fsp3) is 0.269. The summed E-state index contributed by atoms with van der Waals surface area (Å²) in [6.07, 6.45) is -0.633. The van der Waals surface area contributed by atoms with Crippen LogP contribution in [0.4, 0.5) is 8.78 Å². The Morgan fingerprint density at radius 1 is 0.971 bits per heavy atom. The van der Waals surface area contributed by atoms with Crippen LogP contribution in [0.1, 0.15) is 42.4 Å². The largest absolute Gasteiger partial charge is 0.503 e. The van der Waals surface area contributed by atoms with Gasteiger partial charge in [-0.05, 0) is 48.9 Å². The molecule has 3 atom stereocenters. The Hall–Kier alpha value is -4.01. The Morgan fingerprint density at radius 2 is 1.57 bits per heavy atom. The van der Waals surface area contributed by atoms with E-state index in [0.29, 0.717) is 11.3 Å². The molecule has 9 heteroatoms. The van der Waals surface area contributed by atoms with Gasteiger partial charge in [0, 0.05) is 18.7 Å². The Labute approximate surface area is 201 Å². The molecule has 1 N–H and O–H groups in total. The van der Waals surface area contributed by atoms with Crippen LogP contribution >= 0.6 is 0 Å². The number of halogens is 2. The molecule has 0 unspecified atom stereocenters. The summed E-state index contributed by atoms with van der Waals surface area (Å²) in [6, 6.07) is 12.2. The summed E-state index contributed by atoms with van der Waals surface area (Å²) in [5, 5.41) is 10.1. The number of rotatable bonds is 10. The van der Waals surface area contributed by atoms with E-state index in [-0.39, 0.29) is 17.9 Å². The van der Waals surface area contributed by atoms with Gasteiger partial charge in [-0.25, -0.2) is 13.8 Å². The fourth-order valence-corrected chi connectivity index (χ4v) is 3.37. The average molecular weight is 485 g/mol. The number of ketones is 1. The highest BCUT2D eigenvalue weighted by Crippen LogP contribution is 2.30. The number of methoxy groups -OCH3 is 1. The molecule has 7 nitrogen and oxygen atoms in total. The van der Waals surface area contributed by atoms with E-state index in [1.165, 1.54) is 74.8 Å². The third-order valence-electron chi connectivity index (χ3n) is 5.27. The molecule has 0 saturated carbocycles. The van der Waals surface area contributed by atoms with Gasteiger partial charge in [0.05, 0.1) is 13.0 Å². The first kappa shape index (κ1) is 25.6. The first-order valence-corrected chi connectivity index (χ1v) is 10.8. The molecule has 1 aromatic heterocycles. The van der Waals surface area contributed by atoms with E-state index in [4.69, 9.17) is 14.2 Å². The number of aromatic hydroxyl groups is 1. The minimum absolute atomic E-state index is 0.0901. The second-order valence-electron chi connectivity index (χ2n) is 7.92. The Kier molecular flexibility index (Phi) is 8.35. The van der Waals surface area contributed by atoms with Crippen molar-refractivity contribution in [3.8, 4) is 17.2 Å². The van der Waals surface area contributed by atoms with Crippen LogP contribution in [0.25, 0.3) is 0 Å². The molecule has 0 aliphatic heterocycles. The summed E-state index contributed by atoms with van der Waals surface area (Å²) in [4.78, 5) is 29.3. The molecule has 0 amide bonds. The van der Waals surface area contributed by atoms with Crippen LogP contribution in [-0.4, -0.2) is 35.1 Å². The number of hydrogen-bond donors (Lipinski definition) is 1. The van der Waals surface area contributed by atoms with Gasteiger partial charge in [0.2, 0.25) is 0 Å². The number of hydrogen-bond acceptors (Lipinski definition) is 7. The fourth-order valence-electron chi connectivity index (χ4n) is 3.37. The topological polar surface area (TPSA) is 95.0 Å². The SMILES string of the molecule is COc1ccnc(C(=O)C[C@@H](C)C(=O)O[C@@H](C)[C@H](Oc2ccc(F)cc2)c2ccc(F)cc2)c1O. The highest BCUT2D eigenvalue weighted by atomic mass is 19.1. The lowest BCUT2D eigenvalue weighted by Crippen LogP contribution is -2.30. The zero-order valence-corrected chi connectivity index (χ0v) is 19.4. The van der Waals surface area contributed by atoms with Crippen LogP contribution in [0.15, 0.2) is 60.8 Å². The van der Waals surface area contributed by atoms with Crippen molar-refractivity contribution < 1.29 is 37.7 Å². The normalized spacial score (nSPS) is 13.4. The molecule has 1 heterocycles. The number of pyridine rings is 1. The number of carbonyl (C=O) groups is 2. The summed E-state index contributed by atoms with van der Waals surface area (Å²) in [6.45, 7) is 3.11. The third-order valence-corrected chi connectivity index (χ3v) is 5.27. The van der Waals surface area contributed by atoms with Gasteiger partial charge in [-0.3, -0.25) is 9.59 Å². The maximum atomic E-state index is 13.4. The number of benzene rings is 2. The summed E-state index contributed by atoms with van der Waals surface area (Å²) < 4.78 is 43.2. The average Bonchev–Trinajstić information content (AvgIpc) is 2.84. The van der Waals surface area contributed by atoms with Gasteiger partial charge in [-0.15, -0.1) is 0 Å². The molecule has 0 saturated heterocycles. The van der Waals surface area contributed by atoms with Crippen molar-refractivity contribution in [3.63, 3.8) is 0 Å². The lowest BCUT2D eigenvalue weighted by molar-refractivity contribution is -0.157. The minimum Gasteiger partial charge on any atom is -0.503 e. The molecule has 0 bridgehead atoms. The zero-order valence-electron chi connectivity index (χ0n) is 19.4. The van der Waals surface area contributed by atoms with Gasteiger partial charge in [0.15, 0.2) is 29.1 Å². The van der Waals surface area contributed by atoms with E-state index in [1.54, 1.807) is 6.92 Å². The molecular weight excluding hydrogens is 460 g/mol. The number of nitrogens with zero attached hydrogens (tertiary/aromatic N) is 1. The smallest absolute Gasteiger partial charge is 0.309 e. The second kappa shape index (κ2) is 11.4. The first-order chi connectivity index (χ1) is 16.7. The Bertz CT molecular complexity index is 1170. The van der Waals surface area contributed by atoms with Crippen LogP contribution in [0.5, 0.6) is 17.2 Å². The van der Waals surface area contributed by atoms with E-state index in [9.17, 15) is 23.5 Å². The number of ether oxygens (including phenoxy) is 3. The van der Waals surface area contributed by atoms with Gasteiger partial charge in [0.1, 0.15) is 23.5 Å². The molecule has 184 valence electrons. The molecule has 0 spiro atoms. The van der Waals surface area contributed by atoms with E-state index in [1.807, 2.05) is 0 Å². The van der Waals surface area contributed by atoms with Crippen LogP contribution in [-0.2, 0) is 9.53 Å². The quantitative estimate of drug-likeness (QED) is 0.318. The van der Waals surface area contributed by atoms with Crippen LogP contribution in [0.3, 0.4) is 0 Å². The van der Waals surface area contributed by atoms with Crippen molar-refractivity contribution in [2.75, 3.05) is 7.11 Å². The molecule has 3 rings (SSSR count). The third kappa shape index (κ3) is 6.53. The molecule has 0 aliphatic rings. The Balaban J connectivity index is 1.72. The maximum absolute atomic E-state index is 13.4. The van der Waals surface area contributed by atoms with E-state index in [0.717, 1.165) is 0 Å². The van der Waals surface area contributed by atoms with Gasteiger partial charge in [-0.2, -0.15) is 0 Å². The van der Waals surface area contributed by atoms with Crippen molar-refractivity contribution in [3.05, 3.63) is 83.7 Å². The van der Waals surface area contributed by atoms with E-state index in [2.05, 4.69) is 4.98 Å². The number of aromatic nitrogens is 1. The van der Waals surface area contributed by atoms with Crippen LogP contribution < -0.4 is 9.47 Å². The summed E-state index contributed by atoms with van der Waals surface area (Å²) in [7, 11) is 1.34. The highest BCUT2D eigenvalue weighted by Gasteiger charge is 2.29. The molecule has 3 aromatic rings. The van der Waals surface area contributed by atoms with E-state index >= 15 is 0 Å². The molecular formula is C26H25F2NO6. The van der Waals surface area contributed by atoms with E-state index < -0.39 is 47.3 Å². The standard InChI is InChI=1S/C26H25F2NO6/c1-15(14-21(30)23-24(31)22(33-3)12-13-29-23)26(32)34-16(2)25(17-4-6-18(27)7-5-17)35-20-10-8-19(28)9-11-20/h4-13,15-16,25,31H,14H2,1-3H3/t15-,16+,25+/m1/s1. The molecule has 2 aromatic carbocycles. The van der Waals surface area contributed by atoms with Gasteiger partial charge >= 0.3 is 5.97 Å². The van der Waals surface area contributed by atoms with Crippen molar-refractivity contribution in [1.29, 1.82) is 0 Å². The maximum Gasteiger partial charge on any atom is 0.309 e. The van der Waals surface area contributed by atoms with Crippen molar-refractivity contribution >= 4 is 11.8 Å².